The van der Waals surface area contributed by atoms with Gasteiger partial charge in [0.05, 0.1) is 0 Å². The molecule has 96 valence electrons. The second kappa shape index (κ2) is 4.81. The molecule has 0 saturated heterocycles. The molecule has 1 heterocycles. The van der Waals surface area contributed by atoms with Crippen molar-refractivity contribution in [2.75, 3.05) is 0 Å². The average Bonchev–Trinajstić information content (AvgIpc) is 2.83. The van der Waals surface area contributed by atoms with E-state index in [0.717, 1.165) is 12.1 Å². The molecule has 6 heteroatoms. The number of halogens is 3. The highest BCUT2D eigenvalue weighted by atomic mass is 19.2. The SMILES string of the molecule is CCn1ccnc1C(O)c1ccc(F)c(F)c1F. The van der Waals surface area contributed by atoms with E-state index in [1.165, 1.54) is 6.20 Å². The zero-order valence-electron chi connectivity index (χ0n) is 9.57. The summed E-state index contributed by atoms with van der Waals surface area (Å²) in [6.45, 7) is 2.34. The van der Waals surface area contributed by atoms with E-state index >= 15 is 0 Å². The highest BCUT2D eigenvalue weighted by Crippen LogP contribution is 2.25. The van der Waals surface area contributed by atoms with E-state index in [-0.39, 0.29) is 11.4 Å². The third-order valence-electron chi connectivity index (χ3n) is 2.69. The fourth-order valence-corrected chi connectivity index (χ4v) is 1.73. The average molecular weight is 256 g/mol. The standard InChI is InChI=1S/C12H11F3N2O/c1-2-17-6-5-16-12(17)11(18)7-3-4-8(13)10(15)9(7)14/h3-6,11,18H,2H2,1H3. The highest BCUT2D eigenvalue weighted by Gasteiger charge is 2.23. The summed E-state index contributed by atoms with van der Waals surface area (Å²) in [5, 5.41) is 9.98. The summed E-state index contributed by atoms with van der Waals surface area (Å²) >= 11 is 0. The smallest absolute Gasteiger partial charge is 0.194 e. The Morgan fingerprint density at radius 2 is 2.00 bits per heavy atom. The van der Waals surface area contributed by atoms with Gasteiger partial charge in [0.2, 0.25) is 0 Å². The van der Waals surface area contributed by atoms with Crippen LogP contribution < -0.4 is 0 Å². The summed E-state index contributed by atoms with van der Waals surface area (Å²) in [7, 11) is 0. The molecule has 1 N–H and O–H groups in total. The Morgan fingerprint density at radius 1 is 1.28 bits per heavy atom. The van der Waals surface area contributed by atoms with Crippen molar-refractivity contribution in [3.05, 3.63) is 53.4 Å². The first-order chi connectivity index (χ1) is 8.56. The summed E-state index contributed by atoms with van der Waals surface area (Å²) in [6.07, 6.45) is 1.62. The predicted octanol–water partition coefficient (Wildman–Crippen LogP) is 2.40. The summed E-state index contributed by atoms with van der Waals surface area (Å²) in [5.74, 6) is -4.10. The summed E-state index contributed by atoms with van der Waals surface area (Å²) in [4.78, 5) is 3.89. The van der Waals surface area contributed by atoms with Gasteiger partial charge in [-0.3, -0.25) is 0 Å². The first kappa shape index (κ1) is 12.6. The summed E-state index contributed by atoms with van der Waals surface area (Å²) in [6, 6.07) is 1.78. The molecule has 1 aromatic heterocycles. The maximum absolute atomic E-state index is 13.5. The van der Waals surface area contributed by atoms with Gasteiger partial charge >= 0.3 is 0 Å². The number of aliphatic hydroxyl groups is 1. The third-order valence-corrected chi connectivity index (χ3v) is 2.69. The van der Waals surface area contributed by atoms with Crippen LogP contribution in [0, 0.1) is 17.5 Å². The van der Waals surface area contributed by atoms with Crippen LogP contribution >= 0.6 is 0 Å². The molecular formula is C12H11F3N2O. The summed E-state index contributed by atoms with van der Waals surface area (Å²) in [5.41, 5.74) is -0.338. The van der Waals surface area contributed by atoms with Crippen LogP contribution in [0.2, 0.25) is 0 Å². The molecule has 0 bridgehead atoms. The van der Waals surface area contributed by atoms with Crippen molar-refractivity contribution in [2.24, 2.45) is 0 Å². The second-order valence-electron chi connectivity index (χ2n) is 3.74. The van der Waals surface area contributed by atoms with E-state index in [4.69, 9.17) is 0 Å². The molecule has 0 aliphatic carbocycles. The van der Waals surface area contributed by atoms with Gasteiger partial charge in [0.25, 0.3) is 0 Å². The number of imidazole rings is 1. The Hall–Kier alpha value is -1.82. The second-order valence-corrected chi connectivity index (χ2v) is 3.74. The lowest BCUT2D eigenvalue weighted by molar-refractivity contribution is 0.197. The quantitative estimate of drug-likeness (QED) is 0.856. The molecule has 0 aliphatic heterocycles. The van der Waals surface area contributed by atoms with Crippen LogP contribution in [0.25, 0.3) is 0 Å². The fraction of sp³-hybridized carbons (Fsp3) is 0.250. The van der Waals surface area contributed by atoms with Crippen molar-refractivity contribution < 1.29 is 18.3 Å². The van der Waals surface area contributed by atoms with E-state index in [1.807, 2.05) is 6.92 Å². The first-order valence-corrected chi connectivity index (χ1v) is 5.38. The Balaban J connectivity index is 2.46. The third kappa shape index (κ3) is 1.99. The molecule has 1 unspecified atom stereocenters. The Labute approximate surface area is 102 Å². The molecule has 0 amide bonds. The minimum atomic E-state index is -1.60. The van der Waals surface area contributed by atoms with E-state index in [2.05, 4.69) is 4.98 Å². The zero-order valence-corrected chi connectivity index (χ0v) is 9.57. The van der Waals surface area contributed by atoms with Gasteiger partial charge in [-0.05, 0) is 19.1 Å². The van der Waals surface area contributed by atoms with Crippen molar-refractivity contribution >= 4 is 0 Å². The monoisotopic (exact) mass is 256 g/mol. The number of aryl methyl sites for hydroxylation is 1. The topological polar surface area (TPSA) is 38.0 Å². The lowest BCUT2D eigenvalue weighted by atomic mass is 10.1. The van der Waals surface area contributed by atoms with Crippen LogP contribution in [0.5, 0.6) is 0 Å². The van der Waals surface area contributed by atoms with Crippen LogP contribution in [0.3, 0.4) is 0 Å². The number of aliphatic hydroxyl groups excluding tert-OH is 1. The van der Waals surface area contributed by atoms with E-state index in [1.54, 1.807) is 10.8 Å². The number of rotatable bonds is 3. The number of nitrogens with zero attached hydrogens (tertiary/aromatic N) is 2. The molecule has 1 atom stereocenters. The summed E-state index contributed by atoms with van der Waals surface area (Å²) < 4.78 is 41.0. The van der Waals surface area contributed by atoms with Gasteiger partial charge in [0.15, 0.2) is 17.5 Å². The zero-order chi connectivity index (χ0) is 13.3. The Kier molecular flexibility index (Phi) is 3.38. The molecule has 0 spiro atoms. The molecule has 0 radical (unpaired) electrons. The van der Waals surface area contributed by atoms with E-state index in [0.29, 0.717) is 6.54 Å². The molecule has 2 rings (SSSR count). The van der Waals surface area contributed by atoms with Crippen molar-refractivity contribution in [3.8, 4) is 0 Å². The van der Waals surface area contributed by atoms with E-state index < -0.39 is 23.6 Å². The first-order valence-electron chi connectivity index (χ1n) is 5.38. The lowest BCUT2D eigenvalue weighted by Gasteiger charge is -2.13. The van der Waals surface area contributed by atoms with Crippen molar-refractivity contribution in [2.45, 2.75) is 19.6 Å². The van der Waals surface area contributed by atoms with Gasteiger partial charge in [-0.1, -0.05) is 0 Å². The molecule has 3 nitrogen and oxygen atoms in total. The van der Waals surface area contributed by atoms with Gasteiger partial charge in [-0.2, -0.15) is 0 Å². The molecule has 0 fully saturated rings. The predicted molar refractivity (Wildman–Crippen MR) is 58.3 cm³/mol. The largest absolute Gasteiger partial charge is 0.380 e. The van der Waals surface area contributed by atoms with E-state index in [9.17, 15) is 18.3 Å². The molecule has 18 heavy (non-hydrogen) atoms. The normalized spacial score (nSPS) is 12.7. The molecular weight excluding hydrogens is 245 g/mol. The number of hydrogen-bond donors (Lipinski definition) is 1. The van der Waals surface area contributed by atoms with Crippen LogP contribution in [0.4, 0.5) is 13.2 Å². The fourth-order valence-electron chi connectivity index (χ4n) is 1.73. The number of hydrogen-bond acceptors (Lipinski definition) is 2. The Bertz CT molecular complexity index is 568. The van der Waals surface area contributed by atoms with Crippen LogP contribution in [0.15, 0.2) is 24.5 Å². The molecule has 2 aromatic rings. The van der Waals surface area contributed by atoms with Gasteiger partial charge in [-0.15, -0.1) is 0 Å². The van der Waals surface area contributed by atoms with Crippen LogP contribution in [-0.4, -0.2) is 14.7 Å². The van der Waals surface area contributed by atoms with Gasteiger partial charge in [-0.25, -0.2) is 18.2 Å². The van der Waals surface area contributed by atoms with Crippen LogP contribution in [0.1, 0.15) is 24.4 Å². The van der Waals surface area contributed by atoms with Crippen molar-refractivity contribution in [3.63, 3.8) is 0 Å². The Morgan fingerprint density at radius 3 is 2.67 bits per heavy atom. The highest BCUT2D eigenvalue weighted by molar-refractivity contribution is 5.26. The molecule has 0 aliphatic rings. The number of benzene rings is 1. The molecule has 0 saturated carbocycles. The minimum absolute atomic E-state index is 0.183. The molecule has 1 aromatic carbocycles. The van der Waals surface area contributed by atoms with Crippen molar-refractivity contribution in [1.82, 2.24) is 9.55 Å². The maximum atomic E-state index is 13.5. The van der Waals surface area contributed by atoms with Gasteiger partial charge in [0, 0.05) is 24.5 Å². The van der Waals surface area contributed by atoms with Gasteiger partial charge < -0.3 is 9.67 Å². The minimum Gasteiger partial charge on any atom is -0.380 e. The lowest BCUT2D eigenvalue weighted by Crippen LogP contribution is -2.11. The van der Waals surface area contributed by atoms with Gasteiger partial charge in [0.1, 0.15) is 11.9 Å². The number of aromatic nitrogens is 2. The maximum Gasteiger partial charge on any atom is 0.194 e. The van der Waals surface area contributed by atoms with Crippen molar-refractivity contribution in [1.29, 1.82) is 0 Å². The van der Waals surface area contributed by atoms with Crippen LogP contribution in [-0.2, 0) is 6.54 Å².